The molecule has 2 amide bonds. The molecule has 166 valence electrons. The number of nitrogens with one attached hydrogen (secondary N) is 2. The lowest BCUT2D eigenvalue weighted by Gasteiger charge is -2.08. The molecule has 0 saturated heterocycles. The molecule has 0 spiro atoms. The average Bonchev–Trinajstić information content (AvgIpc) is 2.84. The molecular formula is C27H25N3O3. The van der Waals surface area contributed by atoms with Gasteiger partial charge in [-0.3, -0.25) is 9.59 Å². The van der Waals surface area contributed by atoms with Crippen molar-refractivity contribution in [2.45, 2.75) is 13.3 Å². The van der Waals surface area contributed by atoms with Crippen LogP contribution >= 0.6 is 0 Å². The third-order valence-electron chi connectivity index (χ3n) is 4.81. The number of rotatable bonds is 9. The molecule has 3 rings (SSSR count). The Morgan fingerprint density at radius 1 is 0.970 bits per heavy atom. The molecule has 2 N–H and O–H groups in total. The van der Waals surface area contributed by atoms with Crippen molar-refractivity contribution in [3.05, 3.63) is 101 Å². The minimum absolute atomic E-state index is 0.0120. The number of amides is 2. The number of hydrogen-bond acceptors (Lipinski definition) is 4. The number of ether oxygens (including phenoxy) is 1. The Hall–Kier alpha value is -4.37. The molecule has 6 nitrogen and oxygen atoms in total. The van der Waals surface area contributed by atoms with Crippen LogP contribution in [0.4, 0.5) is 5.69 Å². The van der Waals surface area contributed by atoms with Gasteiger partial charge in [0.2, 0.25) is 0 Å². The van der Waals surface area contributed by atoms with E-state index in [0.29, 0.717) is 23.5 Å². The molecule has 0 aromatic heterocycles. The Labute approximate surface area is 193 Å². The van der Waals surface area contributed by atoms with Crippen LogP contribution in [0.2, 0.25) is 0 Å². The molecule has 0 aliphatic heterocycles. The van der Waals surface area contributed by atoms with Crippen LogP contribution in [0.15, 0.2) is 84.4 Å². The molecule has 0 unspecified atom stereocenters. The van der Waals surface area contributed by atoms with E-state index >= 15 is 0 Å². The molecule has 0 fully saturated rings. The molecule has 0 bridgehead atoms. The lowest BCUT2D eigenvalue weighted by molar-refractivity contribution is -0.123. The first kappa shape index (κ1) is 23.3. The number of hydrogen-bond donors (Lipinski definition) is 2. The lowest BCUT2D eigenvalue weighted by Crippen LogP contribution is -2.30. The molecule has 0 radical (unpaired) electrons. The fourth-order valence-electron chi connectivity index (χ4n) is 3.00. The van der Waals surface area contributed by atoms with Gasteiger partial charge >= 0.3 is 0 Å². The zero-order valence-corrected chi connectivity index (χ0v) is 18.4. The van der Waals surface area contributed by atoms with E-state index < -0.39 is 5.91 Å². The Bertz CT molecular complexity index is 1150. The number of benzene rings is 3. The Morgan fingerprint density at radius 3 is 2.33 bits per heavy atom. The third kappa shape index (κ3) is 7.67. The highest BCUT2D eigenvalue weighted by molar-refractivity contribution is 6.09. The number of aryl methyl sites for hydroxylation is 1. The zero-order valence-electron chi connectivity index (χ0n) is 18.4. The molecule has 6 heteroatoms. The number of anilines is 1. The van der Waals surface area contributed by atoms with Crippen LogP contribution < -0.4 is 15.4 Å². The summed E-state index contributed by atoms with van der Waals surface area (Å²) in [6.07, 6.45) is 2.26. The highest BCUT2D eigenvalue weighted by Crippen LogP contribution is 2.16. The molecular weight excluding hydrogens is 414 g/mol. The predicted octanol–water partition coefficient (Wildman–Crippen LogP) is 4.28. The molecule has 0 aliphatic rings. The number of nitriles is 1. The van der Waals surface area contributed by atoms with E-state index in [1.807, 2.05) is 55.5 Å². The van der Waals surface area contributed by atoms with Crippen molar-refractivity contribution in [3.63, 3.8) is 0 Å². The minimum Gasteiger partial charge on any atom is -0.484 e. The van der Waals surface area contributed by atoms with Crippen molar-refractivity contribution in [1.29, 1.82) is 5.26 Å². The Morgan fingerprint density at radius 2 is 1.67 bits per heavy atom. The second-order valence-electron chi connectivity index (χ2n) is 7.43. The van der Waals surface area contributed by atoms with Crippen LogP contribution in [0.5, 0.6) is 5.75 Å². The summed E-state index contributed by atoms with van der Waals surface area (Å²) < 4.78 is 5.52. The summed E-state index contributed by atoms with van der Waals surface area (Å²) in [5.41, 5.74) is 3.52. The van der Waals surface area contributed by atoms with Gasteiger partial charge in [0.1, 0.15) is 17.4 Å². The van der Waals surface area contributed by atoms with E-state index in [0.717, 1.165) is 17.5 Å². The van der Waals surface area contributed by atoms with Crippen LogP contribution in [-0.2, 0) is 16.0 Å². The first-order chi connectivity index (χ1) is 16.0. The maximum atomic E-state index is 12.4. The summed E-state index contributed by atoms with van der Waals surface area (Å²) in [4.78, 5) is 24.4. The van der Waals surface area contributed by atoms with Gasteiger partial charge in [0, 0.05) is 12.2 Å². The van der Waals surface area contributed by atoms with Crippen molar-refractivity contribution >= 4 is 23.6 Å². The van der Waals surface area contributed by atoms with Gasteiger partial charge in [-0.2, -0.15) is 5.26 Å². The SMILES string of the molecule is Cc1ccc(NC(=O)/C(C#N)=C/c2ccc(OCC(=O)NCCc3ccccc3)cc2)cc1. The average molecular weight is 440 g/mol. The van der Waals surface area contributed by atoms with Gasteiger partial charge in [-0.15, -0.1) is 0 Å². The van der Waals surface area contributed by atoms with Gasteiger partial charge < -0.3 is 15.4 Å². The molecule has 3 aromatic rings. The highest BCUT2D eigenvalue weighted by Gasteiger charge is 2.10. The van der Waals surface area contributed by atoms with Gasteiger partial charge in [0.25, 0.3) is 11.8 Å². The van der Waals surface area contributed by atoms with Crippen molar-refractivity contribution < 1.29 is 14.3 Å². The first-order valence-electron chi connectivity index (χ1n) is 10.6. The van der Waals surface area contributed by atoms with Crippen molar-refractivity contribution in [3.8, 4) is 11.8 Å². The monoisotopic (exact) mass is 439 g/mol. The smallest absolute Gasteiger partial charge is 0.266 e. The van der Waals surface area contributed by atoms with Crippen LogP contribution in [-0.4, -0.2) is 25.0 Å². The van der Waals surface area contributed by atoms with Gasteiger partial charge in [-0.05, 0) is 54.8 Å². The summed E-state index contributed by atoms with van der Waals surface area (Å²) in [5, 5.41) is 14.9. The fraction of sp³-hybridized carbons (Fsp3) is 0.148. The standard InChI is InChI=1S/C27H25N3O3/c1-20-7-11-24(12-8-20)30-27(32)23(18-28)17-22-9-13-25(14-10-22)33-19-26(31)29-16-15-21-5-3-2-4-6-21/h2-14,17H,15-16,19H2,1H3,(H,29,31)(H,30,32)/b23-17+. The quantitative estimate of drug-likeness (QED) is 0.385. The maximum absolute atomic E-state index is 12.4. The number of nitrogens with zero attached hydrogens (tertiary/aromatic N) is 1. The summed E-state index contributed by atoms with van der Waals surface area (Å²) in [6, 6.07) is 26.0. The minimum atomic E-state index is -0.478. The Kier molecular flexibility index (Phi) is 8.38. The van der Waals surface area contributed by atoms with Crippen molar-refractivity contribution in [1.82, 2.24) is 5.32 Å². The number of carbonyl (C=O) groups excluding carboxylic acids is 2. The van der Waals surface area contributed by atoms with Crippen molar-refractivity contribution in [2.75, 3.05) is 18.5 Å². The second kappa shape index (κ2) is 11.9. The highest BCUT2D eigenvalue weighted by atomic mass is 16.5. The predicted molar refractivity (Wildman–Crippen MR) is 128 cm³/mol. The first-order valence-corrected chi connectivity index (χ1v) is 10.6. The summed E-state index contributed by atoms with van der Waals surface area (Å²) in [5.74, 6) is -0.156. The normalized spacial score (nSPS) is 10.7. The van der Waals surface area contributed by atoms with Crippen LogP contribution in [0, 0.1) is 18.3 Å². The van der Waals surface area contributed by atoms with E-state index in [9.17, 15) is 14.9 Å². The van der Waals surface area contributed by atoms with Gasteiger partial charge in [0.15, 0.2) is 6.61 Å². The fourth-order valence-corrected chi connectivity index (χ4v) is 3.00. The van der Waals surface area contributed by atoms with Gasteiger partial charge in [-0.25, -0.2) is 0 Å². The van der Waals surface area contributed by atoms with E-state index in [2.05, 4.69) is 10.6 Å². The molecule has 0 aliphatic carbocycles. The second-order valence-corrected chi connectivity index (χ2v) is 7.43. The summed E-state index contributed by atoms with van der Waals surface area (Å²) >= 11 is 0. The lowest BCUT2D eigenvalue weighted by atomic mass is 10.1. The topological polar surface area (TPSA) is 91.2 Å². The van der Waals surface area contributed by atoms with E-state index in [4.69, 9.17) is 4.74 Å². The largest absolute Gasteiger partial charge is 0.484 e. The number of carbonyl (C=O) groups is 2. The zero-order chi connectivity index (χ0) is 23.5. The van der Waals surface area contributed by atoms with Gasteiger partial charge in [-0.1, -0.05) is 60.2 Å². The molecule has 3 aromatic carbocycles. The molecule has 33 heavy (non-hydrogen) atoms. The van der Waals surface area contributed by atoms with Gasteiger partial charge in [0.05, 0.1) is 0 Å². The summed E-state index contributed by atoms with van der Waals surface area (Å²) in [6.45, 7) is 2.40. The maximum Gasteiger partial charge on any atom is 0.266 e. The van der Waals surface area contributed by atoms with E-state index in [-0.39, 0.29) is 18.1 Å². The van der Waals surface area contributed by atoms with Crippen LogP contribution in [0.1, 0.15) is 16.7 Å². The molecule has 0 saturated carbocycles. The Balaban J connectivity index is 1.48. The van der Waals surface area contributed by atoms with E-state index in [1.165, 1.54) is 6.08 Å². The summed E-state index contributed by atoms with van der Waals surface area (Å²) in [7, 11) is 0. The third-order valence-corrected chi connectivity index (χ3v) is 4.81. The van der Waals surface area contributed by atoms with Crippen molar-refractivity contribution in [2.24, 2.45) is 0 Å². The van der Waals surface area contributed by atoms with E-state index in [1.54, 1.807) is 36.4 Å². The molecule has 0 atom stereocenters. The van der Waals surface area contributed by atoms with Crippen LogP contribution in [0.3, 0.4) is 0 Å². The van der Waals surface area contributed by atoms with Crippen LogP contribution in [0.25, 0.3) is 6.08 Å². The molecule has 0 heterocycles.